The lowest BCUT2D eigenvalue weighted by Crippen LogP contribution is -2.48. The van der Waals surface area contributed by atoms with E-state index in [1.165, 1.54) is 0 Å². The van der Waals surface area contributed by atoms with Gasteiger partial charge in [0, 0.05) is 39.1 Å². The monoisotopic (exact) mass is 328 g/mol. The molecule has 0 radical (unpaired) electrons. The van der Waals surface area contributed by atoms with E-state index in [9.17, 15) is 9.90 Å². The summed E-state index contributed by atoms with van der Waals surface area (Å²) in [5, 5.41) is 14.2. The Labute approximate surface area is 140 Å². The molecule has 2 aliphatic heterocycles. The van der Waals surface area contributed by atoms with Crippen molar-refractivity contribution in [2.24, 2.45) is 0 Å². The highest BCUT2D eigenvalue weighted by atomic mass is 16.5. The summed E-state index contributed by atoms with van der Waals surface area (Å²) in [7, 11) is 0. The van der Waals surface area contributed by atoms with E-state index in [-0.39, 0.29) is 11.7 Å². The summed E-state index contributed by atoms with van der Waals surface area (Å²) in [6.07, 6.45) is 2.53. The first-order chi connectivity index (χ1) is 11.7. The number of aromatic hydroxyl groups is 1. The Hall–Kier alpha value is -2.70. The molecule has 1 amide bonds. The number of piperazine rings is 1. The molecule has 1 fully saturated rings. The van der Waals surface area contributed by atoms with Gasteiger partial charge in [0.05, 0.1) is 18.5 Å². The van der Waals surface area contributed by atoms with Crippen LogP contribution >= 0.6 is 0 Å². The number of para-hydroxylation sites is 2. The number of benzene rings is 1. The number of fused-ring (bicyclic) bond motifs is 1. The smallest absolute Gasteiger partial charge is 0.261 e. The van der Waals surface area contributed by atoms with Gasteiger partial charge in [-0.3, -0.25) is 4.79 Å². The predicted molar refractivity (Wildman–Crippen MR) is 88.6 cm³/mol. The number of ether oxygens (including phenoxy) is 1. The number of rotatable bonds is 2. The lowest BCUT2D eigenvalue weighted by atomic mass is 10.2. The van der Waals surface area contributed by atoms with Crippen molar-refractivity contribution in [1.82, 2.24) is 14.7 Å². The fraction of sp³-hybridized carbons (Fsp3) is 0.412. The zero-order chi connectivity index (χ0) is 16.5. The number of phenols is 1. The summed E-state index contributed by atoms with van der Waals surface area (Å²) in [6, 6.07) is 7.29. The van der Waals surface area contributed by atoms with E-state index >= 15 is 0 Å². The summed E-state index contributed by atoms with van der Waals surface area (Å²) in [5.74, 6) is 0.834. The maximum atomic E-state index is 12.8. The summed E-state index contributed by atoms with van der Waals surface area (Å²) in [6.45, 7) is 4.02. The van der Waals surface area contributed by atoms with Gasteiger partial charge in [-0.1, -0.05) is 12.1 Å². The summed E-state index contributed by atoms with van der Waals surface area (Å²) >= 11 is 0. The number of carbonyl (C=O) groups excluding carboxylic acids is 1. The van der Waals surface area contributed by atoms with E-state index < -0.39 is 0 Å². The van der Waals surface area contributed by atoms with Gasteiger partial charge in [0.25, 0.3) is 5.91 Å². The van der Waals surface area contributed by atoms with Crippen molar-refractivity contribution >= 4 is 11.6 Å². The van der Waals surface area contributed by atoms with Crippen LogP contribution in [0, 0.1) is 0 Å². The first kappa shape index (κ1) is 14.9. The minimum absolute atomic E-state index is 0.0323. The van der Waals surface area contributed by atoms with Gasteiger partial charge in [-0.15, -0.1) is 0 Å². The van der Waals surface area contributed by atoms with Crippen LogP contribution in [0.3, 0.4) is 0 Å². The molecule has 1 aromatic carbocycles. The minimum Gasteiger partial charge on any atom is -0.506 e. The van der Waals surface area contributed by atoms with Crippen molar-refractivity contribution < 1.29 is 14.6 Å². The lowest BCUT2D eigenvalue weighted by molar-refractivity contribution is 0.0740. The van der Waals surface area contributed by atoms with E-state index in [2.05, 4.69) is 10.00 Å². The molecule has 7 heteroatoms. The van der Waals surface area contributed by atoms with E-state index in [1.54, 1.807) is 16.9 Å². The van der Waals surface area contributed by atoms with Crippen molar-refractivity contribution in [2.45, 2.75) is 13.0 Å². The van der Waals surface area contributed by atoms with Crippen molar-refractivity contribution in [2.75, 3.05) is 37.7 Å². The Kier molecular flexibility index (Phi) is 3.76. The molecule has 3 heterocycles. The first-order valence-electron chi connectivity index (χ1n) is 8.25. The maximum absolute atomic E-state index is 12.8. The van der Waals surface area contributed by atoms with Crippen LogP contribution < -0.4 is 9.64 Å². The number of anilines is 1. The van der Waals surface area contributed by atoms with E-state index in [4.69, 9.17) is 4.74 Å². The number of amides is 1. The Balaban J connectivity index is 1.45. The number of hydrogen-bond donors (Lipinski definition) is 1. The molecule has 1 aromatic heterocycles. The van der Waals surface area contributed by atoms with Crippen LogP contribution in [0.5, 0.6) is 11.6 Å². The standard InChI is InChI=1S/C17H20N4O3/c22-15-5-2-1-4-14(15)19-7-9-20(10-8-19)16(23)13-12-18-21-6-3-11-24-17(13)21/h1-2,4-5,12,22H,3,6-11H2. The Morgan fingerprint density at radius 2 is 1.92 bits per heavy atom. The van der Waals surface area contributed by atoms with Gasteiger partial charge < -0.3 is 19.6 Å². The van der Waals surface area contributed by atoms with E-state index in [0.29, 0.717) is 44.2 Å². The van der Waals surface area contributed by atoms with Crippen molar-refractivity contribution in [1.29, 1.82) is 0 Å². The second kappa shape index (κ2) is 6.07. The van der Waals surface area contributed by atoms with Crippen LogP contribution in [0.25, 0.3) is 0 Å². The predicted octanol–water partition coefficient (Wildman–Crippen LogP) is 1.33. The molecular weight excluding hydrogens is 308 g/mol. The third-order valence-corrected chi connectivity index (χ3v) is 4.56. The van der Waals surface area contributed by atoms with Crippen LogP contribution in [-0.2, 0) is 6.54 Å². The number of hydrogen-bond acceptors (Lipinski definition) is 5. The average Bonchev–Trinajstić information content (AvgIpc) is 3.06. The Morgan fingerprint density at radius 1 is 1.12 bits per heavy atom. The zero-order valence-corrected chi connectivity index (χ0v) is 13.4. The Morgan fingerprint density at radius 3 is 2.71 bits per heavy atom. The number of nitrogens with zero attached hydrogens (tertiary/aromatic N) is 4. The van der Waals surface area contributed by atoms with Gasteiger partial charge in [0.1, 0.15) is 11.3 Å². The van der Waals surface area contributed by atoms with Crippen LogP contribution in [-0.4, -0.2) is 58.5 Å². The molecule has 1 N–H and O–H groups in total. The highest BCUT2D eigenvalue weighted by molar-refractivity contribution is 5.96. The van der Waals surface area contributed by atoms with E-state index in [0.717, 1.165) is 18.7 Å². The van der Waals surface area contributed by atoms with Crippen LogP contribution in [0.15, 0.2) is 30.5 Å². The molecule has 4 rings (SSSR count). The molecule has 0 aliphatic carbocycles. The molecule has 1 saturated heterocycles. The third kappa shape index (κ3) is 2.55. The van der Waals surface area contributed by atoms with Gasteiger partial charge >= 0.3 is 0 Å². The fourth-order valence-corrected chi connectivity index (χ4v) is 3.27. The first-order valence-corrected chi connectivity index (χ1v) is 8.25. The number of phenolic OH excluding ortho intramolecular Hbond substituents is 1. The molecule has 0 atom stereocenters. The molecule has 2 aliphatic rings. The molecule has 0 spiro atoms. The quantitative estimate of drug-likeness (QED) is 0.901. The normalized spacial score (nSPS) is 17.3. The maximum Gasteiger partial charge on any atom is 0.261 e. The zero-order valence-electron chi connectivity index (χ0n) is 13.4. The van der Waals surface area contributed by atoms with Gasteiger partial charge in [0.15, 0.2) is 0 Å². The summed E-state index contributed by atoms with van der Waals surface area (Å²) in [5.41, 5.74) is 1.36. The van der Waals surface area contributed by atoms with Gasteiger partial charge in [-0.2, -0.15) is 5.10 Å². The van der Waals surface area contributed by atoms with E-state index in [1.807, 2.05) is 23.1 Å². The number of aromatic nitrogens is 2. The molecular formula is C17H20N4O3. The molecule has 0 unspecified atom stereocenters. The SMILES string of the molecule is O=C(c1cnn2c1OCCC2)N1CCN(c2ccccc2O)CC1. The topological polar surface area (TPSA) is 70.8 Å². The summed E-state index contributed by atoms with van der Waals surface area (Å²) in [4.78, 5) is 16.7. The van der Waals surface area contributed by atoms with Crippen molar-refractivity contribution in [3.8, 4) is 11.6 Å². The van der Waals surface area contributed by atoms with Gasteiger partial charge in [0.2, 0.25) is 5.88 Å². The number of carbonyl (C=O) groups is 1. The Bertz CT molecular complexity index is 750. The molecule has 2 aromatic rings. The minimum atomic E-state index is -0.0323. The van der Waals surface area contributed by atoms with Crippen molar-refractivity contribution in [3.05, 3.63) is 36.0 Å². The highest BCUT2D eigenvalue weighted by Crippen LogP contribution is 2.28. The highest BCUT2D eigenvalue weighted by Gasteiger charge is 2.28. The molecule has 0 saturated carbocycles. The van der Waals surface area contributed by atoms with Crippen LogP contribution in [0.2, 0.25) is 0 Å². The second-order valence-electron chi connectivity index (χ2n) is 6.06. The van der Waals surface area contributed by atoms with Crippen LogP contribution in [0.1, 0.15) is 16.8 Å². The van der Waals surface area contributed by atoms with Crippen molar-refractivity contribution in [3.63, 3.8) is 0 Å². The molecule has 0 bridgehead atoms. The second-order valence-corrected chi connectivity index (χ2v) is 6.06. The average molecular weight is 328 g/mol. The molecule has 24 heavy (non-hydrogen) atoms. The number of aryl methyl sites for hydroxylation is 1. The molecule has 7 nitrogen and oxygen atoms in total. The molecule has 126 valence electrons. The third-order valence-electron chi connectivity index (χ3n) is 4.56. The van der Waals surface area contributed by atoms with Gasteiger partial charge in [-0.05, 0) is 12.1 Å². The largest absolute Gasteiger partial charge is 0.506 e. The fourth-order valence-electron chi connectivity index (χ4n) is 3.27. The lowest BCUT2D eigenvalue weighted by Gasteiger charge is -2.36. The summed E-state index contributed by atoms with van der Waals surface area (Å²) < 4.78 is 7.38. The van der Waals surface area contributed by atoms with Gasteiger partial charge in [-0.25, -0.2) is 4.68 Å². The van der Waals surface area contributed by atoms with Crippen LogP contribution in [0.4, 0.5) is 5.69 Å².